The highest BCUT2D eigenvalue weighted by Gasteiger charge is 2.24. The van der Waals surface area contributed by atoms with Crippen molar-refractivity contribution in [2.24, 2.45) is 4.99 Å². The van der Waals surface area contributed by atoms with Gasteiger partial charge < -0.3 is 9.47 Å². The average molecular weight is 482 g/mol. The van der Waals surface area contributed by atoms with Crippen LogP contribution < -0.4 is 4.74 Å². The molecule has 0 unspecified atom stereocenters. The van der Waals surface area contributed by atoms with E-state index in [2.05, 4.69) is 36.2 Å². The van der Waals surface area contributed by atoms with Crippen LogP contribution in [-0.2, 0) is 16.0 Å². The van der Waals surface area contributed by atoms with Crippen molar-refractivity contribution in [3.63, 3.8) is 0 Å². The molecule has 1 aliphatic heterocycles. The summed E-state index contributed by atoms with van der Waals surface area (Å²) >= 11 is 0. The van der Waals surface area contributed by atoms with Crippen LogP contribution in [0.1, 0.15) is 69.1 Å². The number of unbranched alkanes of at least 4 members (excludes halogenated alkanes) is 5. The number of esters is 1. The Kier molecular flexibility index (Phi) is 9.09. The van der Waals surface area contributed by atoms with Crippen molar-refractivity contribution in [3.8, 4) is 16.9 Å². The van der Waals surface area contributed by atoms with Crippen LogP contribution in [0.3, 0.4) is 0 Å². The van der Waals surface area contributed by atoms with Crippen LogP contribution in [0, 0.1) is 0 Å². The van der Waals surface area contributed by atoms with E-state index in [-0.39, 0.29) is 5.70 Å². The van der Waals surface area contributed by atoms with Crippen LogP contribution in [0.5, 0.6) is 5.75 Å². The topological polar surface area (TPSA) is 47.9 Å². The zero-order valence-electron chi connectivity index (χ0n) is 21.3. The fraction of sp³-hybridized carbons (Fsp3) is 0.312. The van der Waals surface area contributed by atoms with Crippen molar-refractivity contribution in [2.75, 3.05) is 6.61 Å². The van der Waals surface area contributed by atoms with Gasteiger partial charge in [0.25, 0.3) is 0 Å². The molecule has 0 fully saturated rings. The number of aliphatic imine (C=N–C) groups is 1. The van der Waals surface area contributed by atoms with Crippen molar-refractivity contribution in [1.29, 1.82) is 0 Å². The minimum Gasteiger partial charge on any atom is -0.493 e. The third-order valence-electron chi connectivity index (χ3n) is 6.37. The molecule has 0 bridgehead atoms. The predicted molar refractivity (Wildman–Crippen MR) is 147 cm³/mol. The average Bonchev–Trinajstić information content (AvgIpc) is 3.28. The van der Waals surface area contributed by atoms with Gasteiger partial charge in [0.15, 0.2) is 5.70 Å². The maximum atomic E-state index is 12.4. The Balaban J connectivity index is 1.40. The molecule has 0 saturated heterocycles. The lowest BCUT2D eigenvalue weighted by atomic mass is 10.00. The minimum absolute atomic E-state index is 0.266. The van der Waals surface area contributed by atoms with Crippen LogP contribution in [0.2, 0.25) is 0 Å². The Morgan fingerprint density at radius 3 is 2.14 bits per heavy atom. The lowest BCUT2D eigenvalue weighted by Gasteiger charge is -2.06. The van der Waals surface area contributed by atoms with Crippen molar-refractivity contribution in [3.05, 3.63) is 95.2 Å². The standard InChI is InChI=1S/C32H35NO3/c1-3-5-6-7-8-9-12-24-15-17-25(18-16-24)26-19-21-27(22-20-26)31-33-29(32(34)36-31)23-28-13-10-11-14-30(28)35-4-2/h10-11,13-23H,3-9,12H2,1-2H3/b29-23-. The number of rotatable bonds is 12. The van der Waals surface area contributed by atoms with Gasteiger partial charge in [-0.2, -0.15) is 0 Å². The first-order valence-electron chi connectivity index (χ1n) is 13.1. The minimum atomic E-state index is -0.457. The molecule has 1 heterocycles. The van der Waals surface area contributed by atoms with E-state index in [4.69, 9.17) is 9.47 Å². The van der Waals surface area contributed by atoms with Crippen molar-refractivity contribution >= 4 is 17.9 Å². The number of benzene rings is 3. The molecule has 3 aromatic carbocycles. The number of ether oxygens (including phenoxy) is 2. The summed E-state index contributed by atoms with van der Waals surface area (Å²) in [5, 5.41) is 0. The summed E-state index contributed by atoms with van der Waals surface area (Å²) < 4.78 is 11.1. The fourth-order valence-corrected chi connectivity index (χ4v) is 4.35. The Morgan fingerprint density at radius 1 is 0.778 bits per heavy atom. The summed E-state index contributed by atoms with van der Waals surface area (Å²) in [6, 6.07) is 24.4. The predicted octanol–water partition coefficient (Wildman–Crippen LogP) is 8.00. The van der Waals surface area contributed by atoms with E-state index in [1.807, 2.05) is 55.5 Å². The molecule has 186 valence electrons. The monoisotopic (exact) mass is 481 g/mol. The number of hydrogen-bond donors (Lipinski definition) is 0. The summed E-state index contributed by atoms with van der Waals surface area (Å²) in [4.78, 5) is 16.9. The number of nitrogens with zero attached hydrogens (tertiary/aromatic N) is 1. The number of para-hydroxylation sites is 1. The Bertz CT molecular complexity index is 1210. The SMILES string of the molecule is CCCCCCCCc1ccc(-c2ccc(C3=N/C(=C\c4ccccc4OCC)C(=O)O3)cc2)cc1. The largest absolute Gasteiger partial charge is 0.493 e. The molecule has 0 saturated carbocycles. The zero-order valence-corrected chi connectivity index (χ0v) is 21.3. The molecule has 0 radical (unpaired) electrons. The van der Waals surface area contributed by atoms with E-state index in [0.717, 1.165) is 23.1 Å². The van der Waals surface area contributed by atoms with Gasteiger partial charge in [-0.25, -0.2) is 9.79 Å². The third-order valence-corrected chi connectivity index (χ3v) is 6.37. The first-order valence-corrected chi connectivity index (χ1v) is 13.1. The number of hydrogen-bond acceptors (Lipinski definition) is 4. The first kappa shape index (κ1) is 25.4. The molecule has 0 amide bonds. The van der Waals surface area contributed by atoms with Crippen LogP contribution in [0.15, 0.2) is 83.5 Å². The summed E-state index contributed by atoms with van der Waals surface area (Å²) in [6.07, 6.45) is 10.8. The van der Waals surface area contributed by atoms with Crippen LogP contribution in [-0.4, -0.2) is 18.5 Å². The molecule has 3 aromatic rings. The third kappa shape index (κ3) is 6.72. The molecule has 0 aromatic heterocycles. The molecule has 36 heavy (non-hydrogen) atoms. The molecule has 0 N–H and O–H groups in total. The van der Waals surface area contributed by atoms with Gasteiger partial charge in [-0.05, 0) is 60.7 Å². The summed E-state index contributed by atoms with van der Waals surface area (Å²) in [7, 11) is 0. The van der Waals surface area contributed by atoms with Gasteiger partial charge in [-0.1, -0.05) is 93.6 Å². The summed E-state index contributed by atoms with van der Waals surface area (Å²) in [6.45, 7) is 4.73. The Morgan fingerprint density at radius 2 is 1.42 bits per heavy atom. The van der Waals surface area contributed by atoms with E-state index in [9.17, 15) is 4.79 Å². The van der Waals surface area contributed by atoms with E-state index >= 15 is 0 Å². The van der Waals surface area contributed by atoms with Gasteiger partial charge in [0.2, 0.25) is 5.90 Å². The second-order valence-corrected chi connectivity index (χ2v) is 9.10. The van der Waals surface area contributed by atoms with Gasteiger partial charge in [-0.15, -0.1) is 0 Å². The van der Waals surface area contributed by atoms with Crippen molar-refractivity contribution in [1.82, 2.24) is 0 Å². The molecule has 0 spiro atoms. The maximum absolute atomic E-state index is 12.4. The van der Waals surface area contributed by atoms with Crippen LogP contribution >= 0.6 is 0 Å². The first-order chi connectivity index (χ1) is 17.7. The van der Waals surface area contributed by atoms with Gasteiger partial charge >= 0.3 is 5.97 Å². The van der Waals surface area contributed by atoms with Gasteiger partial charge in [0, 0.05) is 11.1 Å². The lowest BCUT2D eigenvalue weighted by molar-refractivity contribution is -0.129. The van der Waals surface area contributed by atoms with E-state index < -0.39 is 5.97 Å². The Labute approximate surface area is 214 Å². The number of aryl methyl sites for hydroxylation is 1. The van der Waals surface area contributed by atoms with Crippen molar-refractivity contribution in [2.45, 2.75) is 58.8 Å². The van der Waals surface area contributed by atoms with E-state index in [1.165, 1.54) is 49.7 Å². The Hall–Kier alpha value is -3.66. The molecule has 4 rings (SSSR count). The van der Waals surface area contributed by atoms with Gasteiger partial charge in [-0.3, -0.25) is 0 Å². The number of cyclic esters (lactones) is 1. The highest BCUT2D eigenvalue weighted by atomic mass is 16.6. The van der Waals surface area contributed by atoms with Crippen LogP contribution in [0.25, 0.3) is 17.2 Å². The van der Waals surface area contributed by atoms with Crippen LogP contribution in [0.4, 0.5) is 0 Å². The summed E-state index contributed by atoms with van der Waals surface area (Å²) in [5.41, 5.74) is 5.52. The van der Waals surface area contributed by atoms with Crippen molar-refractivity contribution < 1.29 is 14.3 Å². The van der Waals surface area contributed by atoms with E-state index in [0.29, 0.717) is 18.3 Å². The lowest BCUT2D eigenvalue weighted by Crippen LogP contribution is -2.05. The maximum Gasteiger partial charge on any atom is 0.363 e. The highest BCUT2D eigenvalue weighted by molar-refractivity contribution is 6.13. The molecule has 0 aliphatic carbocycles. The quantitative estimate of drug-likeness (QED) is 0.150. The molecule has 4 heteroatoms. The van der Waals surface area contributed by atoms with E-state index in [1.54, 1.807) is 6.08 Å². The molecular weight excluding hydrogens is 446 g/mol. The van der Waals surface area contributed by atoms with Gasteiger partial charge in [0.1, 0.15) is 5.75 Å². The highest BCUT2D eigenvalue weighted by Crippen LogP contribution is 2.26. The molecule has 0 atom stereocenters. The normalized spacial score (nSPS) is 14.1. The fourth-order valence-electron chi connectivity index (χ4n) is 4.35. The molecular formula is C32H35NO3. The number of carbonyl (C=O) groups is 1. The smallest absolute Gasteiger partial charge is 0.363 e. The summed E-state index contributed by atoms with van der Waals surface area (Å²) in [5.74, 6) is 0.577. The molecule has 1 aliphatic rings. The second-order valence-electron chi connectivity index (χ2n) is 9.10. The second kappa shape index (κ2) is 12.9. The number of carbonyl (C=O) groups excluding carboxylic acids is 1. The molecule has 4 nitrogen and oxygen atoms in total. The van der Waals surface area contributed by atoms with Gasteiger partial charge in [0.05, 0.1) is 6.61 Å². The zero-order chi connectivity index (χ0) is 25.2.